The monoisotopic (exact) mass is 220 g/mol. The molecule has 0 fully saturated rings. The van der Waals surface area contributed by atoms with E-state index in [1.165, 1.54) is 10.9 Å². The second-order valence-corrected chi connectivity index (χ2v) is 4.42. The first-order chi connectivity index (χ1) is 7.25. The van der Waals surface area contributed by atoms with Crippen molar-refractivity contribution in [3.8, 4) is 11.5 Å². The standard InChI is InChI=1S/C12H12O2S/c13-10-5-3-9(12(14)8-10)4-6-11-2-1-7-15-11/h1-3,5,7-8,13-14H,4,6H2. The van der Waals surface area contributed by atoms with Gasteiger partial charge in [-0.15, -0.1) is 11.3 Å². The van der Waals surface area contributed by atoms with E-state index in [4.69, 9.17) is 5.11 Å². The molecule has 0 atom stereocenters. The Morgan fingerprint density at radius 2 is 1.93 bits per heavy atom. The Kier molecular flexibility index (Phi) is 2.92. The van der Waals surface area contributed by atoms with Gasteiger partial charge < -0.3 is 10.2 Å². The van der Waals surface area contributed by atoms with E-state index in [1.54, 1.807) is 23.5 Å². The van der Waals surface area contributed by atoms with Gasteiger partial charge in [0.2, 0.25) is 0 Å². The molecule has 1 aromatic carbocycles. The molecular weight excluding hydrogens is 208 g/mol. The van der Waals surface area contributed by atoms with Crippen LogP contribution in [-0.2, 0) is 12.8 Å². The van der Waals surface area contributed by atoms with Crippen LogP contribution in [0.3, 0.4) is 0 Å². The molecule has 0 unspecified atom stereocenters. The van der Waals surface area contributed by atoms with Gasteiger partial charge in [-0.3, -0.25) is 0 Å². The minimum atomic E-state index is 0.104. The molecule has 2 nitrogen and oxygen atoms in total. The van der Waals surface area contributed by atoms with Crippen LogP contribution >= 0.6 is 11.3 Å². The van der Waals surface area contributed by atoms with Crippen LogP contribution in [-0.4, -0.2) is 10.2 Å². The Balaban J connectivity index is 2.05. The lowest BCUT2D eigenvalue weighted by molar-refractivity contribution is 0.446. The largest absolute Gasteiger partial charge is 0.508 e. The van der Waals surface area contributed by atoms with E-state index in [2.05, 4.69) is 6.07 Å². The summed E-state index contributed by atoms with van der Waals surface area (Å²) in [6.45, 7) is 0. The highest BCUT2D eigenvalue weighted by molar-refractivity contribution is 7.09. The summed E-state index contributed by atoms with van der Waals surface area (Å²) in [6.07, 6.45) is 1.72. The lowest BCUT2D eigenvalue weighted by Gasteiger charge is -2.03. The third kappa shape index (κ3) is 2.50. The molecule has 0 amide bonds. The van der Waals surface area contributed by atoms with Gasteiger partial charge in [-0.2, -0.15) is 0 Å². The van der Waals surface area contributed by atoms with Crippen molar-refractivity contribution in [2.45, 2.75) is 12.8 Å². The number of aryl methyl sites for hydroxylation is 2. The summed E-state index contributed by atoms with van der Waals surface area (Å²) in [7, 11) is 0. The summed E-state index contributed by atoms with van der Waals surface area (Å²) >= 11 is 1.72. The van der Waals surface area contributed by atoms with Crippen LogP contribution in [0.15, 0.2) is 35.7 Å². The minimum Gasteiger partial charge on any atom is -0.508 e. The summed E-state index contributed by atoms with van der Waals surface area (Å²) in [5.41, 5.74) is 0.876. The zero-order valence-corrected chi connectivity index (χ0v) is 9.00. The number of hydrogen-bond acceptors (Lipinski definition) is 3. The van der Waals surface area contributed by atoms with Crippen molar-refractivity contribution in [2.75, 3.05) is 0 Å². The van der Waals surface area contributed by atoms with Crippen molar-refractivity contribution < 1.29 is 10.2 Å². The van der Waals surface area contributed by atoms with E-state index in [0.717, 1.165) is 18.4 Å². The first-order valence-electron chi connectivity index (χ1n) is 4.79. The van der Waals surface area contributed by atoms with Gasteiger partial charge >= 0.3 is 0 Å². The Morgan fingerprint density at radius 1 is 1.07 bits per heavy atom. The maximum atomic E-state index is 9.56. The van der Waals surface area contributed by atoms with Crippen molar-refractivity contribution in [3.05, 3.63) is 46.2 Å². The van der Waals surface area contributed by atoms with Crippen LogP contribution in [0, 0.1) is 0 Å². The Morgan fingerprint density at radius 3 is 2.60 bits per heavy atom. The molecule has 0 aliphatic heterocycles. The van der Waals surface area contributed by atoms with Crippen LogP contribution < -0.4 is 0 Å². The van der Waals surface area contributed by atoms with Crippen molar-refractivity contribution in [3.63, 3.8) is 0 Å². The Bertz CT molecular complexity index is 435. The minimum absolute atomic E-state index is 0.104. The first-order valence-corrected chi connectivity index (χ1v) is 5.67. The smallest absolute Gasteiger partial charge is 0.122 e. The lowest BCUT2D eigenvalue weighted by atomic mass is 10.1. The van der Waals surface area contributed by atoms with Crippen molar-refractivity contribution >= 4 is 11.3 Å². The fourth-order valence-corrected chi connectivity index (χ4v) is 2.19. The number of thiophene rings is 1. The molecule has 1 heterocycles. The second-order valence-electron chi connectivity index (χ2n) is 3.39. The third-order valence-electron chi connectivity index (χ3n) is 2.29. The molecule has 0 saturated heterocycles. The topological polar surface area (TPSA) is 40.5 Å². The molecule has 0 bridgehead atoms. The number of aromatic hydroxyl groups is 2. The Hall–Kier alpha value is -1.48. The number of hydrogen-bond donors (Lipinski definition) is 2. The highest BCUT2D eigenvalue weighted by Crippen LogP contribution is 2.24. The molecule has 15 heavy (non-hydrogen) atoms. The van der Waals surface area contributed by atoms with E-state index in [9.17, 15) is 5.11 Å². The molecule has 3 heteroatoms. The number of benzene rings is 1. The average molecular weight is 220 g/mol. The van der Waals surface area contributed by atoms with E-state index < -0.39 is 0 Å². The molecule has 2 aromatic rings. The highest BCUT2D eigenvalue weighted by atomic mass is 32.1. The van der Waals surface area contributed by atoms with Crippen LogP contribution in [0.1, 0.15) is 10.4 Å². The number of rotatable bonds is 3. The van der Waals surface area contributed by atoms with E-state index in [-0.39, 0.29) is 11.5 Å². The summed E-state index contributed by atoms with van der Waals surface area (Å²) in [4.78, 5) is 1.31. The molecule has 1 aromatic heterocycles. The van der Waals surface area contributed by atoms with Gasteiger partial charge in [0.25, 0.3) is 0 Å². The summed E-state index contributed by atoms with van der Waals surface area (Å²) in [6, 6.07) is 8.85. The zero-order chi connectivity index (χ0) is 10.7. The van der Waals surface area contributed by atoms with Crippen LogP contribution in [0.4, 0.5) is 0 Å². The molecule has 0 aliphatic carbocycles. The maximum Gasteiger partial charge on any atom is 0.122 e. The first kappa shape index (κ1) is 10.1. The summed E-state index contributed by atoms with van der Waals surface area (Å²) in [5.74, 6) is 0.277. The maximum absolute atomic E-state index is 9.56. The fraction of sp³-hybridized carbons (Fsp3) is 0.167. The van der Waals surface area contributed by atoms with Crippen molar-refractivity contribution in [1.29, 1.82) is 0 Å². The molecule has 0 radical (unpaired) electrons. The van der Waals surface area contributed by atoms with E-state index >= 15 is 0 Å². The van der Waals surface area contributed by atoms with Gasteiger partial charge in [-0.25, -0.2) is 0 Å². The molecule has 0 aliphatic rings. The lowest BCUT2D eigenvalue weighted by Crippen LogP contribution is -1.89. The fourth-order valence-electron chi connectivity index (χ4n) is 1.48. The van der Waals surface area contributed by atoms with Gasteiger partial charge in [0, 0.05) is 10.9 Å². The normalized spacial score (nSPS) is 10.4. The molecule has 2 N–H and O–H groups in total. The Labute approximate surface area is 92.4 Å². The van der Waals surface area contributed by atoms with Crippen LogP contribution in [0.25, 0.3) is 0 Å². The molecular formula is C12H12O2S. The quantitative estimate of drug-likeness (QED) is 0.835. The van der Waals surface area contributed by atoms with E-state index in [1.807, 2.05) is 11.4 Å². The molecule has 2 rings (SSSR count). The van der Waals surface area contributed by atoms with Gasteiger partial charge in [-0.05, 0) is 35.9 Å². The molecule has 0 saturated carbocycles. The summed E-state index contributed by atoms with van der Waals surface area (Å²) < 4.78 is 0. The van der Waals surface area contributed by atoms with Crippen LogP contribution in [0.2, 0.25) is 0 Å². The molecule has 0 spiro atoms. The van der Waals surface area contributed by atoms with Gasteiger partial charge in [0.1, 0.15) is 11.5 Å². The predicted molar refractivity (Wildman–Crippen MR) is 61.5 cm³/mol. The summed E-state index contributed by atoms with van der Waals surface area (Å²) in [5, 5.41) is 20.7. The second kappa shape index (κ2) is 4.36. The number of phenolic OH excluding ortho intramolecular Hbond substituents is 2. The third-order valence-corrected chi connectivity index (χ3v) is 3.23. The SMILES string of the molecule is Oc1ccc(CCc2cccs2)c(O)c1. The number of phenols is 2. The average Bonchev–Trinajstić information content (AvgIpc) is 2.69. The van der Waals surface area contributed by atoms with Crippen molar-refractivity contribution in [1.82, 2.24) is 0 Å². The van der Waals surface area contributed by atoms with Gasteiger partial charge in [0.15, 0.2) is 0 Å². The van der Waals surface area contributed by atoms with E-state index in [0.29, 0.717) is 0 Å². The highest BCUT2D eigenvalue weighted by Gasteiger charge is 2.03. The van der Waals surface area contributed by atoms with Gasteiger partial charge in [-0.1, -0.05) is 12.1 Å². The molecule has 78 valence electrons. The van der Waals surface area contributed by atoms with Crippen LogP contribution in [0.5, 0.6) is 11.5 Å². The van der Waals surface area contributed by atoms with Gasteiger partial charge in [0.05, 0.1) is 0 Å². The zero-order valence-electron chi connectivity index (χ0n) is 8.18. The predicted octanol–water partition coefficient (Wildman–Crippen LogP) is 2.94. The van der Waals surface area contributed by atoms with Crippen molar-refractivity contribution in [2.24, 2.45) is 0 Å².